The van der Waals surface area contributed by atoms with E-state index in [1.165, 1.54) is 0 Å². The summed E-state index contributed by atoms with van der Waals surface area (Å²) in [5.74, 6) is 0.239. The Morgan fingerprint density at radius 3 is 2.73 bits per heavy atom. The predicted molar refractivity (Wildman–Crippen MR) is 83.2 cm³/mol. The first-order chi connectivity index (χ1) is 10.5. The fourth-order valence-corrected chi connectivity index (χ4v) is 2.97. The van der Waals surface area contributed by atoms with E-state index in [4.69, 9.17) is 0 Å². The highest BCUT2D eigenvalue weighted by molar-refractivity contribution is 5.85. The molecule has 0 aromatic carbocycles. The number of carbonyl (C=O) groups is 1. The first kappa shape index (κ1) is 14.8. The molecule has 2 heterocycles. The second-order valence-corrected chi connectivity index (χ2v) is 6.39. The van der Waals surface area contributed by atoms with Gasteiger partial charge in [0.2, 0.25) is 5.91 Å². The van der Waals surface area contributed by atoms with Crippen LogP contribution in [0.3, 0.4) is 0 Å². The lowest BCUT2D eigenvalue weighted by molar-refractivity contribution is -0.136. The predicted octanol–water partition coefficient (Wildman–Crippen LogP) is 1.64. The monoisotopic (exact) mass is 301 g/mol. The number of likely N-dealkylation sites (N-methyl/N-ethyl adjacent to an activating group) is 1. The van der Waals surface area contributed by atoms with Crippen LogP contribution in [0.4, 0.5) is 0 Å². The molecule has 0 unspecified atom stereocenters. The summed E-state index contributed by atoms with van der Waals surface area (Å²) < 4.78 is 3.97. The molecule has 3 rings (SSSR count). The van der Waals surface area contributed by atoms with Crippen LogP contribution < -0.4 is 0 Å². The average Bonchev–Trinajstić information content (AvgIpc) is 2.92. The summed E-state index contributed by atoms with van der Waals surface area (Å²) in [5.41, 5.74) is 1.94. The van der Waals surface area contributed by atoms with Gasteiger partial charge in [0, 0.05) is 38.2 Å². The molecule has 0 N–H and O–H groups in total. The van der Waals surface area contributed by atoms with E-state index in [9.17, 15) is 4.79 Å². The number of amides is 1. The van der Waals surface area contributed by atoms with Gasteiger partial charge in [0.25, 0.3) is 0 Å². The van der Waals surface area contributed by atoms with Crippen molar-refractivity contribution in [2.75, 3.05) is 13.6 Å². The summed E-state index contributed by atoms with van der Waals surface area (Å²) in [6.07, 6.45) is 7.39. The van der Waals surface area contributed by atoms with Gasteiger partial charge >= 0.3 is 0 Å². The van der Waals surface area contributed by atoms with Crippen LogP contribution in [0.1, 0.15) is 24.2 Å². The summed E-state index contributed by atoms with van der Waals surface area (Å²) in [6.45, 7) is 6.19. The topological polar surface area (TPSA) is 56.0 Å². The number of aryl methyl sites for hydroxylation is 2. The third-order valence-corrected chi connectivity index (χ3v) is 4.45. The molecule has 1 fully saturated rings. The second-order valence-electron chi connectivity index (χ2n) is 6.39. The molecule has 22 heavy (non-hydrogen) atoms. The van der Waals surface area contributed by atoms with Crippen molar-refractivity contribution in [3.63, 3.8) is 0 Å². The van der Waals surface area contributed by atoms with Gasteiger partial charge in [-0.1, -0.05) is 0 Å². The van der Waals surface area contributed by atoms with E-state index in [1.54, 1.807) is 12.5 Å². The molecule has 1 amide bonds. The average molecular weight is 301 g/mol. The molecule has 6 heteroatoms. The van der Waals surface area contributed by atoms with E-state index in [1.807, 2.05) is 41.2 Å². The Hall–Kier alpha value is -2.11. The molecule has 0 bridgehead atoms. The SMILES string of the molecule is Cc1cc(C)n(CCN(C)C(=O)C2(Cn3ccnc3)CC2)n1. The van der Waals surface area contributed by atoms with Crippen LogP contribution in [-0.4, -0.2) is 43.7 Å². The van der Waals surface area contributed by atoms with Crippen molar-refractivity contribution in [1.82, 2.24) is 24.2 Å². The maximum atomic E-state index is 12.7. The Morgan fingerprint density at radius 2 is 2.18 bits per heavy atom. The standard InChI is InChI=1S/C16H23N5O/c1-13-10-14(2)21(18-13)9-8-19(3)15(22)16(4-5-16)11-20-7-6-17-12-20/h6-7,10,12H,4-5,8-9,11H2,1-3H3. The molecule has 2 aromatic heterocycles. The van der Waals surface area contributed by atoms with E-state index in [2.05, 4.69) is 16.1 Å². The molecule has 0 aliphatic heterocycles. The molecule has 0 atom stereocenters. The summed E-state index contributed by atoms with van der Waals surface area (Å²) in [5, 5.41) is 4.45. The first-order valence-electron chi connectivity index (χ1n) is 7.72. The van der Waals surface area contributed by atoms with Gasteiger partial charge < -0.3 is 9.47 Å². The Bertz CT molecular complexity index is 654. The third kappa shape index (κ3) is 2.91. The minimum atomic E-state index is -0.218. The van der Waals surface area contributed by atoms with Crippen molar-refractivity contribution >= 4 is 5.91 Å². The van der Waals surface area contributed by atoms with Crippen LogP contribution in [-0.2, 0) is 17.9 Å². The molecule has 2 aromatic rings. The van der Waals surface area contributed by atoms with Crippen LogP contribution in [0, 0.1) is 19.3 Å². The molecule has 6 nitrogen and oxygen atoms in total. The Labute approximate surface area is 130 Å². The molecule has 0 saturated heterocycles. The van der Waals surface area contributed by atoms with Gasteiger partial charge in [-0.2, -0.15) is 5.10 Å². The molecule has 1 aliphatic rings. The van der Waals surface area contributed by atoms with Crippen molar-refractivity contribution in [3.05, 3.63) is 36.2 Å². The van der Waals surface area contributed by atoms with Gasteiger partial charge in [0.1, 0.15) is 0 Å². The number of aromatic nitrogens is 4. The fourth-order valence-electron chi connectivity index (χ4n) is 2.97. The van der Waals surface area contributed by atoms with Gasteiger partial charge in [0.05, 0.1) is 24.0 Å². The Kier molecular flexibility index (Phi) is 3.76. The fraction of sp³-hybridized carbons (Fsp3) is 0.562. The highest BCUT2D eigenvalue weighted by Crippen LogP contribution is 2.48. The smallest absolute Gasteiger partial charge is 0.230 e. The van der Waals surface area contributed by atoms with E-state index in [0.717, 1.165) is 37.3 Å². The van der Waals surface area contributed by atoms with Crippen LogP contribution in [0.2, 0.25) is 0 Å². The number of imidazole rings is 1. The normalized spacial score (nSPS) is 15.8. The van der Waals surface area contributed by atoms with Crippen molar-refractivity contribution < 1.29 is 4.79 Å². The number of hydrogen-bond acceptors (Lipinski definition) is 3. The lowest BCUT2D eigenvalue weighted by Gasteiger charge is -2.24. The van der Waals surface area contributed by atoms with Gasteiger partial charge in [0.15, 0.2) is 0 Å². The molecule has 0 radical (unpaired) electrons. The van der Waals surface area contributed by atoms with Gasteiger partial charge in [-0.05, 0) is 32.8 Å². The number of hydrogen-bond donors (Lipinski definition) is 0. The van der Waals surface area contributed by atoms with Crippen molar-refractivity contribution in [3.8, 4) is 0 Å². The first-order valence-corrected chi connectivity index (χ1v) is 7.72. The number of carbonyl (C=O) groups excluding carboxylic acids is 1. The minimum absolute atomic E-state index is 0.218. The Morgan fingerprint density at radius 1 is 1.41 bits per heavy atom. The van der Waals surface area contributed by atoms with Gasteiger partial charge in [-0.25, -0.2) is 4.98 Å². The zero-order valence-corrected chi connectivity index (χ0v) is 13.5. The third-order valence-electron chi connectivity index (χ3n) is 4.45. The molecule has 0 spiro atoms. The van der Waals surface area contributed by atoms with Crippen LogP contribution in [0.25, 0.3) is 0 Å². The summed E-state index contributed by atoms with van der Waals surface area (Å²) in [4.78, 5) is 18.6. The number of nitrogens with zero attached hydrogens (tertiary/aromatic N) is 5. The Balaban J connectivity index is 1.59. The highest BCUT2D eigenvalue weighted by Gasteiger charge is 2.51. The van der Waals surface area contributed by atoms with Gasteiger partial charge in [-0.15, -0.1) is 0 Å². The minimum Gasteiger partial charge on any atom is -0.343 e. The quantitative estimate of drug-likeness (QED) is 0.815. The molecular weight excluding hydrogens is 278 g/mol. The van der Waals surface area contributed by atoms with E-state index in [0.29, 0.717) is 6.54 Å². The van der Waals surface area contributed by atoms with Crippen LogP contribution in [0.15, 0.2) is 24.8 Å². The molecule has 118 valence electrons. The van der Waals surface area contributed by atoms with Crippen LogP contribution in [0.5, 0.6) is 0 Å². The summed E-state index contributed by atoms with van der Waals surface area (Å²) in [7, 11) is 1.89. The molecule has 1 saturated carbocycles. The summed E-state index contributed by atoms with van der Waals surface area (Å²) in [6, 6.07) is 2.06. The maximum absolute atomic E-state index is 12.7. The summed E-state index contributed by atoms with van der Waals surface area (Å²) >= 11 is 0. The zero-order chi connectivity index (χ0) is 15.7. The lowest BCUT2D eigenvalue weighted by Crippen LogP contribution is -2.38. The van der Waals surface area contributed by atoms with Crippen molar-refractivity contribution in [2.24, 2.45) is 5.41 Å². The highest BCUT2D eigenvalue weighted by atomic mass is 16.2. The van der Waals surface area contributed by atoms with E-state index >= 15 is 0 Å². The second kappa shape index (κ2) is 5.59. The van der Waals surface area contributed by atoms with Crippen LogP contribution >= 0.6 is 0 Å². The lowest BCUT2D eigenvalue weighted by atomic mass is 10.1. The van der Waals surface area contributed by atoms with Gasteiger partial charge in [-0.3, -0.25) is 9.48 Å². The molecule has 1 aliphatic carbocycles. The van der Waals surface area contributed by atoms with E-state index < -0.39 is 0 Å². The number of rotatable bonds is 6. The van der Waals surface area contributed by atoms with Crippen molar-refractivity contribution in [2.45, 2.75) is 39.8 Å². The largest absolute Gasteiger partial charge is 0.343 e. The van der Waals surface area contributed by atoms with Crippen molar-refractivity contribution in [1.29, 1.82) is 0 Å². The van der Waals surface area contributed by atoms with E-state index in [-0.39, 0.29) is 11.3 Å². The zero-order valence-electron chi connectivity index (χ0n) is 13.5. The maximum Gasteiger partial charge on any atom is 0.230 e. The molecular formula is C16H23N5O.